The molecule has 15 heavy (non-hydrogen) atoms. The van der Waals surface area contributed by atoms with Crippen LogP contribution >= 0.6 is 0 Å². The van der Waals surface area contributed by atoms with Crippen molar-refractivity contribution in [1.82, 2.24) is 4.90 Å². The predicted octanol–water partition coefficient (Wildman–Crippen LogP) is 1.97. The first-order chi connectivity index (χ1) is 7.11. The van der Waals surface area contributed by atoms with Crippen molar-refractivity contribution < 1.29 is 9.90 Å². The van der Waals surface area contributed by atoms with Gasteiger partial charge in [-0.1, -0.05) is 19.8 Å². The van der Waals surface area contributed by atoms with Crippen LogP contribution in [0.4, 0.5) is 0 Å². The molecule has 0 bridgehead atoms. The standard InChI is InChI=1S/C12H21NO2/c1-10(11(14)15)4-7-13-8-12(9-13)5-2-3-6-12/h10H,2-9H2,1H3,(H,14,15). The minimum Gasteiger partial charge on any atom is -0.481 e. The Labute approximate surface area is 91.5 Å². The molecule has 1 heterocycles. The summed E-state index contributed by atoms with van der Waals surface area (Å²) in [5, 5.41) is 8.77. The number of carbonyl (C=O) groups is 1. The Morgan fingerprint density at radius 2 is 2.00 bits per heavy atom. The number of aliphatic carboxylic acids is 1. The lowest BCUT2D eigenvalue weighted by molar-refractivity contribution is -0.141. The maximum absolute atomic E-state index is 10.6. The smallest absolute Gasteiger partial charge is 0.306 e. The maximum Gasteiger partial charge on any atom is 0.306 e. The molecule has 1 saturated heterocycles. The molecule has 1 spiro atoms. The van der Waals surface area contributed by atoms with Gasteiger partial charge in [-0.05, 0) is 31.2 Å². The molecule has 1 atom stereocenters. The molecule has 1 aliphatic heterocycles. The number of hydrogen-bond acceptors (Lipinski definition) is 2. The molecule has 0 aromatic rings. The van der Waals surface area contributed by atoms with Crippen molar-refractivity contribution >= 4 is 5.97 Å². The zero-order valence-corrected chi connectivity index (χ0v) is 9.54. The zero-order valence-electron chi connectivity index (χ0n) is 9.54. The number of likely N-dealkylation sites (tertiary alicyclic amines) is 1. The Morgan fingerprint density at radius 3 is 2.53 bits per heavy atom. The highest BCUT2D eigenvalue weighted by Gasteiger charge is 2.44. The van der Waals surface area contributed by atoms with Crippen LogP contribution in [0.5, 0.6) is 0 Å². The first kappa shape index (κ1) is 10.9. The van der Waals surface area contributed by atoms with Gasteiger partial charge in [-0.3, -0.25) is 4.79 Å². The molecule has 2 rings (SSSR count). The average Bonchev–Trinajstić information content (AvgIpc) is 2.60. The SMILES string of the molecule is CC(CCN1CC2(CCCC2)C1)C(=O)O. The van der Waals surface area contributed by atoms with Gasteiger partial charge < -0.3 is 10.0 Å². The van der Waals surface area contributed by atoms with E-state index in [1.165, 1.54) is 38.8 Å². The molecule has 3 heteroatoms. The first-order valence-electron chi connectivity index (χ1n) is 6.06. The fraction of sp³-hybridized carbons (Fsp3) is 0.917. The van der Waals surface area contributed by atoms with Crippen molar-refractivity contribution in [3.63, 3.8) is 0 Å². The summed E-state index contributed by atoms with van der Waals surface area (Å²) in [6, 6.07) is 0. The quantitative estimate of drug-likeness (QED) is 0.773. The Balaban J connectivity index is 1.65. The first-order valence-corrected chi connectivity index (χ1v) is 6.06. The summed E-state index contributed by atoms with van der Waals surface area (Å²) < 4.78 is 0. The van der Waals surface area contributed by atoms with Crippen LogP contribution < -0.4 is 0 Å². The van der Waals surface area contributed by atoms with E-state index in [1.807, 2.05) is 0 Å². The van der Waals surface area contributed by atoms with Gasteiger partial charge in [0.25, 0.3) is 0 Å². The lowest BCUT2D eigenvalue weighted by atomic mass is 9.78. The minimum absolute atomic E-state index is 0.190. The van der Waals surface area contributed by atoms with Crippen LogP contribution in [0.3, 0.4) is 0 Å². The van der Waals surface area contributed by atoms with Gasteiger partial charge in [0, 0.05) is 13.1 Å². The van der Waals surface area contributed by atoms with Crippen molar-refractivity contribution in [2.24, 2.45) is 11.3 Å². The molecule has 0 aromatic heterocycles. The largest absolute Gasteiger partial charge is 0.481 e. The van der Waals surface area contributed by atoms with E-state index < -0.39 is 5.97 Å². The van der Waals surface area contributed by atoms with Crippen molar-refractivity contribution in [2.75, 3.05) is 19.6 Å². The van der Waals surface area contributed by atoms with Crippen LogP contribution in [0.1, 0.15) is 39.0 Å². The van der Waals surface area contributed by atoms with Crippen LogP contribution in [0.15, 0.2) is 0 Å². The Kier molecular flexibility index (Phi) is 3.01. The molecule has 3 nitrogen and oxygen atoms in total. The molecular weight excluding hydrogens is 190 g/mol. The van der Waals surface area contributed by atoms with E-state index in [1.54, 1.807) is 6.92 Å². The molecule has 0 radical (unpaired) electrons. The van der Waals surface area contributed by atoms with Crippen LogP contribution in [-0.4, -0.2) is 35.6 Å². The van der Waals surface area contributed by atoms with Gasteiger partial charge in [0.05, 0.1) is 5.92 Å². The van der Waals surface area contributed by atoms with Crippen LogP contribution in [0.25, 0.3) is 0 Å². The van der Waals surface area contributed by atoms with Gasteiger partial charge in [0.15, 0.2) is 0 Å². The fourth-order valence-electron chi connectivity index (χ4n) is 3.00. The molecule has 1 aliphatic carbocycles. The lowest BCUT2D eigenvalue weighted by Gasteiger charge is -2.48. The van der Waals surface area contributed by atoms with E-state index in [-0.39, 0.29) is 5.92 Å². The highest BCUT2D eigenvalue weighted by Crippen LogP contribution is 2.45. The summed E-state index contributed by atoms with van der Waals surface area (Å²) in [6.07, 6.45) is 6.40. The van der Waals surface area contributed by atoms with Gasteiger partial charge in [-0.2, -0.15) is 0 Å². The van der Waals surface area contributed by atoms with Gasteiger partial charge >= 0.3 is 5.97 Å². The molecule has 2 fully saturated rings. The summed E-state index contributed by atoms with van der Waals surface area (Å²) in [5.41, 5.74) is 0.645. The second-order valence-corrected chi connectivity index (χ2v) is 5.45. The van der Waals surface area contributed by atoms with Crippen LogP contribution in [0.2, 0.25) is 0 Å². The van der Waals surface area contributed by atoms with Gasteiger partial charge in [0.2, 0.25) is 0 Å². The number of carboxylic acids is 1. The van der Waals surface area contributed by atoms with Crippen molar-refractivity contribution in [3.8, 4) is 0 Å². The van der Waals surface area contributed by atoms with E-state index in [9.17, 15) is 4.79 Å². The number of carboxylic acid groups (broad SMARTS) is 1. The molecule has 86 valence electrons. The monoisotopic (exact) mass is 211 g/mol. The molecule has 1 saturated carbocycles. The predicted molar refractivity (Wildman–Crippen MR) is 58.8 cm³/mol. The molecule has 0 aromatic carbocycles. The third-order valence-electron chi connectivity index (χ3n) is 4.08. The highest BCUT2D eigenvalue weighted by molar-refractivity contribution is 5.69. The maximum atomic E-state index is 10.6. The summed E-state index contributed by atoms with van der Waals surface area (Å²) in [6.45, 7) is 5.21. The summed E-state index contributed by atoms with van der Waals surface area (Å²) in [5.74, 6) is -0.851. The Bertz CT molecular complexity index is 238. The van der Waals surface area contributed by atoms with Crippen LogP contribution in [0, 0.1) is 11.3 Å². The normalized spacial score (nSPS) is 26.5. The van der Waals surface area contributed by atoms with Gasteiger partial charge in [0.1, 0.15) is 0 Å². The minimum atomic E-state index is -0.661. The third kappa shape index (κ3) is 2.33. The topological polar surface area (TPSA) is 40.5 Å². The second kappa shape index (κ2) is 4.12. The summed E-state index contributed by atoms with van der Waals surface area (Å²) in [7, 11) is 0. The molecule has 1 N–H and O–H groups in total. The summed E-state index contributed by atoms with van der Waals surface area (Å²) in [4.78, 5) is 13.1. The van der Waals surface area contributed by atoms with E-state index >= 15 is 0 Å². The van der Waals surface area contributed by atoms with Gasteiger partial charge in [-0.15, -0.1) is 0 Å². The van der Waals surface area contributed by atoms with E-state index in [2.05, 4.69) is 4.90 Å². The molecule has 0 amide bonds. The Hall–Kier alpha value is -0.570. The van der Waals surface area contributed by atoms with Crippen LogP contribution in [-0.2, 0) is 4.79 Å². The van der Waals surface area contributed by atoms with E-state index in [0.29, 0.717) is 5.41 Å². The van der Waals surface area contributed by atoms with Crippen molar-refractivity contribution in [2.45, 2.75) is 39.0 Å². The third-order valence-corrected chi connectivity index (χ3v) is 4.08. The van der Waals surface area contributed by atoms with Crippen molar-refractivity contribution in [1.29, 1.82) is 0 Å². The molecule has 1 unspecified atom stereocenters. The van der Waals surface area contributed by atoms with Crippen molar-refractivity contribution in [3.05, 3.63) is 0 Å². The number of hydrogen-bond donors (Lipinski definition) is 1. The average molecular weight is 211 g/mol. The zero-order chi connectivity index (χ0) is 10.9. The molecule has 2 aliphatic rings. The van der Waals surface area contributed by atoms with E-state index in [4.69, 9.17) is 5.11 Å². The highest BCUT2D eigenvalue weighted by atomic mass is 16.4. The molecular formula is C12H21NO2. The number of nitrogens with zero attached hydrogens (tertiary/aromatic N) is 1. The Morgan fingerprint density at radius 1 is 1.40 bits per heavy atom. The second-order valence-electron chi connectivity index (χ2n) is 5.45. The van der Waals surface area contributed by atoms with E-state index in [0.717, 1.165) is 13.0 Å². The number of rotatable bonds is 4. The lowest BCUT2D eigenvalue weighted by Crippen LogP contribution is -2.55. The fourth-order valence-corrected chi connectivity index (χ4v) is 3.00. The van der Waals surface area contributed by atoms with Gasteiger partial charge in [-0.25, -0.2) is 0 Å². The summed E-state index contributed by atoms with van der Waals surface area (Å²) >= 11 is 0.